The maximum atomic E-state index is 12.9. The Labute approximate surface area is 191 Å². The quantitative estimate of drug-likeness (QED) is 0.540. The molecule has 31 heavy (non-hydrogen) atoms. The van der Waals surface area contributed by atoms with Gasteiger partial charge in [0.25, 0.3) is 5.56 Å². The molecule has 4 aliphatic rings. The zero-order chi connectivity index (χ0) is 21.6. The fourth-order valence-electron chi connectivity index (χ4n) is 5.45. The number of aliphatic imine (C=N–C) groups is 1. The lowest BCUT2D eigenvalue weighted by atomic mass is 9.52. The molecule has 0 aromatic carbocycles. The maximum absolute atomic E-state index is 12.9. The van der Waals surface area contributed by atoms with Gasteiger partial charge in [0.1, 0.15) is 0 Å². The van der Waals surface area contributed by atoms with E-state index in [4.69, 9.17) is 32.9 Å². The van der Waals surface area contributed by atoms with Gasteiger partial charge in [-0.25, -0.2) is 9.98 Å². The Hall–Kier alpha value is -1.92. The van der Waals surface area contributed by atoms with E-state index in [-0.39, 0.29) is 21.7 Å². The van der Waals surface area contributed by atoms with Gasteiger partial charge in [-0.05, 0) is 62.6 Å². The van der Waals surface area contributed by atoms with Crippen molar-refractivity contribution in [3.8, 4) is 5.88 Å². The molecule has 164 valence electrons. The summed E-state index contributed by atoms with van der Waals surface area (Å²) in [5.74, 6) is 1.16. The fraction of sp³-hybridized carbons (Fsp3) is 0.565. The van der Waals surface area contributed by atoms with Crippen LogP contribution < -0.4 is 10.3 Å². The topological polar surface area (TPSA) is 69.4 Å². The van der Waals surface area contributed by atoms with Crippen molar-refractivity contribution < 1.29 is 4.74 Å². The number of fused-ring (bicyclic) bond motifs is 4. The molecule has 2 bridgehead atoms. The van der Waals surface area contributed by atoms with Crippen LogP contribution in [-0.4, -0.2) is 26.9 Å². The van der Waals surface area contributed by atoms with Crippen LogP contribution in [0.3, 0.4) is 0 Å². The molecule has 0 saturated heterocycles. The van der Waals surface area contributed by atoms with E-state index in [9.17, 15) is 4.79 Å². The molecule has 6 rings (SSSR count). The van der Waals surface area contributed by atoms with E-state index in [1.807, 2.05) is 13.0 Å². The molecule has 2 aromatic heterocycles. The van der Waals surface area contributed by atoms with Gasteiger partial charge in [-0.15, -0.1) is 0 Å². The first-order valence-corrected chi connectivity index (χ1v) is 11.8. The molecule has 3 saturated carbocycles. The van der Waals surface area contributed by atoms with Crippen molar-refractivity contribution in [1.82, 2.24) is 14.5 Å². The van der Waals surface area contributed by atoms with Crippen molar-refractivity contribution in [2.45, 2.75) is 64.8 Å². The number of nitrogens with zero attached hydrogens (tertiary/aromatic N) is 4. The second-order valence-electron chi connectivity index (χ2n) is 9.26. The first-order chi connectivity index (χ1) is 14.9. The van der Waals surface area contributed by atoms with Crippen LogP contribution in [0.4, 0.5) is 5.82 Å². The van der Waals surface area contributed by atoms with Gasteiger partial charge in [0.15, 0.2) is 5.82 Å². The Morgan fingerprint density at radius 1 is 1.13 bits per heavy atom. The molecular formula is C23H26Cl2N4O2. The van der Waals surface area contributed by atoms with E-state index in [2.05, 4.69) is 9.97 Å². The van der Waals surface area contributed by atoms with E-state index < -0.39 is 0 Å². The minimum atomic E-state index is -0.0307. The minimum absolute atomic E-state index is 0.0307. The molecule has 0 radical (unpaired) electrons. The molecule has 3 aliphatic carbocycles. The Balaban J connectivity index is 1.29. The number of rotatable bonds is 6. The smallest absolute Gasteiger partial charge is 0.260 e. The van der Waals surface area contributed by atoms with E-state index in [0.29, 0.717) is 41.9 Å². The molecule has 3 fully saturated rings. The van der Waals surface area contributed by atoms with Crippen LogP contribution in [0.15, 0.2) is 28.1 Å². The maximum Gasteiger partial charge on any atom is 0.260 e. The zero-order valence-corrected chi connectivity index (χ0v) is 19.2. The van der Waals surface area contributed by atoms with E-state index in [1.54, 1.807) is 16.8 Å². The summed E-state index contributed by atoms with van der Waals surface area (Å²) < 4.78 is 7.60. The van der Waals surface area contributed by atoms with Crippen molar-refractivity contribution in [3.05, 3.63) is 44.6 Å². The highest BCUT2D eigenvalue weighted by atomic mass is 35.5. The lowest BCUT2D eigenvalue weighted by Crippen LogP contribution is -2.48. The SMILES string of the molecule is CCCn1c(Cl)nc2c(c1=O)CC(C13CCC(COc4ccc(Cl)cn4)(CC1)CC3)=N2. The average molecular weight is 461 g/mol. The predicted molar refractivity (Wildman–Crippen MR) is 122 cm³/mol. The fourth-order valence-corrected chi connectivity index (χ4v) is 5.80. The highest BCUT2D eigenvalue weighted by Crippen LogP contribution is 2.58. The standard InChI is InChI=1S/C23H26Cl2N4O2/c1-2-11-29-20(30)16-12-17(27-19(16)28-21(29)25)23-8-5-22(6-9-23,7-10-23)14-31-18-4-3-15(24)13-26-18/h3-4,13H,2,5-12,14H2,1H3. The van der Waals surface area contributed by atoms with E-state index in [0.717, 1.165) is 50.7 Å². The minimum Gasteiger partial charge on any atom is -0.477 e. The highest BCUT2D eigenvalue weighted by Gasteiger charge is 2.52. The predicted octanol–water partition coefficient (Wildman–Crippen LogP) is 5.40. The van der Waals surface area contributed by atoms with Crippen molar-refractivity contribution >= 4 is 34.7 Å². The summed E-state index contributed by atoms with van der Waals surface area (Å²) in [6.45, 7) is 3.30. The van der Waals surface area contributed by atoms with Crippen LogP contribution in [0, 0.1) is 10.8 Å². The molecule has 3 heterocycles. The summed E-state index contributed by atoms with van der Waals surface area (Å²) in [6.07, 6.45) is 9.61. The van der Waals surface area contributed by atoms with Crippen LogP contribution in [0.1, 0.15) is 57.4 Å². The van der Waals surface area contributed by atoms with Crippen LogP contribution in [-0.2, 0) is 13.0 Å². The molecule has 6 nitrogen and oxygen atoms in total. The van der Waals surface area contributed by atoms with Crippen LogP contribution >= 0.6 is 23.2 Å². The van der Waals surface area contributed by atoms with Crippen molar-refractivity contribution in [2.24, 2.45) is 15.8 Å². The normalized spacial score (nSPS) is 26.6. The summed E-state index contributed by atoms with van der Waals surface area (Å²) in [5, 5.41) is 0.855. The van der Waals surface area contributed by atoms with Crippen LogP contribution in [0.25, 0.3) is 0 Å². The van der Waals surface area contributed by atoms with Gasteiger partial charge < -0.3 is 4.74 Å². The Kier molecular flexibility index (Phi) is 5.33. The molecule has 0 unspecified atom stereocenters. The summed E-state index contributed by atoms with van der Waals surface area (Å²) in [5.41, 5.74) is 2.09. The first kappa shape index (κ1) is 21.0. The van der Waals surface area contributed by atoms with E-state index >= 15 is 0 Å². The van der Waals surface area contributed by atoms with Crippen LogP contribution in [0.2, 0.25) is 10.3 Å². The molecule has 2 aromatic rings. The van der Waals surface area contributed by atoms with Gasteiger partial charge in [0.2, 0.25) is 11.2 Å². The number of hydrogen-bond acceptors (Lipinski definition) is 5. The van der Waals surface area contributed by atoms with Gasteiger partial charge in [-0.2, -0.15) is 4.98 Å². The van der Waals surface area contributed by atoms with Crippen molar-refractivity contribution in [2.75, 3.05) is 6.61 Å². The molecule has 0 N–H and O–H groups in total. The molecule has 0 spiro atoms. The number of hydrogen-bond donors (Lipinski definition) is 0. The number of aromatic nitrogens is 3. The monoisotopic (exact) mass is 460 g/mol. The lowest BCUT2D eigenvalue weighted by molar-refractivity contribution is -0.00545. The third kappa shape index (κ3) is 3.68. The number of halogens is 2. The van der Waals surface area contributed by atoms with Gasteiger partial charge in [0.05, 0.1) is 17.2 Å². The van der Waals surface area contributed by atoms with Crippen molar-refractivity contribution in [3.63, 3.8) is 0 Å². The summed E-state index contributed by atoms with van der Waals surface area (Å²) in [7, 11) is 0. The lowest BCUT2D eigenvalue weighted by Gasteiger charge is -2.53. The van der Waals surface area contributed by atoms with Gasteiger partial charge in [-0.3, -0.25) is 9.36 Å². The van der Waals surface area contributed by atoms with Crippen LogP contribution in [0.5, 0.6) is 5.88 Å². The molecular weight excluding hydrogens is 435 g/mol. The zero-order valence-electron chi connectivity index (χ0n) is 17.7. The van der Waals surface area contributed by atoms with E-state index in [1.165, 1.54) is 0 Å². The second-order valence-corrected chi connectivity index (χ2v) is 10.0. The Morgan fingerprint density at radius 2 is 1.87 bits per heavy atom. The van der Waals surface area contributed by atoms with Crippen molar-refractivity contribution in [1.29, 1.82) is 0 Å². The largest absolute Gasteiger partial charge is 0.477 e. The highest BCUT2D eigenvalue weighted by molar-refractivity contribution is 6.30. The second kappa shape index (κ2) is 7.89. The molecule has 0 amide bonds. The number of ether oxygens (including phenoxy) is 1. The van der Waals surface area contributed by atoms with Gasteiger partial charge in [0, 0.05) is 41.8 Å². The molecule has 8 heteroatoms. The summed E-state index contributed by atoms with van der Waals surface area (Å²) in [6, 6.07) is 3.63. The van der Waals surface area contributed by atoms with Gasteiger partial charge in [-0.1, -0.05) is 18.5 Å². The van der Waals surface area contributed by atoms with Gasteiger partial charge >= 0.3 is 0 Å². The number of pyridine rings is 1. The molecule has 0 atom stereocenters. The molecule has 1 aliphatic heterocycles. The Morgan fingerprint density at radius 3 is 2.52 bits per heavy atom. The summed E-state index contributed by atoms with van der Waals surface area (Å²) in [4.78, 5) is 26.5. The first-order valence-electron chi connectivity index (χ1n) is 11.1. The average Bonchev–Trinajstić information content (AvgIpc) is 3.23. The third-order valence-corrected chi connectivity index (χ3v) is 7.98. The Bertz CT molecular complexity index is 1070. The third-order valence-electron chi connectivity index (χ3n) is 7.47. The summed E-state index contributed by atoms with van der Waals surface area (Å²) >= 11 is 12.2.